The first-order valence-corrected chi connectivity index (χ1v) is 10.5. The van der Waals surface area contributed by atoms with E-state index in [2.05, 4.69) is 40.2 Å². The van der Waals surface area contributed by atoms with Crippen LogP contribution >= 0.6 is 0 Å². The van der Waals surface area contributed by atoms with Crippen LogP contribution in [0.25, 0.3) is 10.9 Å². The van der Waals surface area contributed by atoms with E-state index in [1.165, 1.54) is 0 Å². The van der Waals surface area contributed by atoms with E-state index in [1.807, 2.05) is 30.9 Å². The third-order valence-electron chi connectivity index (χ3n) is 5.71. The number of amides is 2. The van der Waals surface area contributed by atoms with Gasteiger partial charge in [0.1, 0.15) is 0 Å². The summed E-state index contributed by atoms with van der Waals surface area (Å²) < 4.78 is 2.27. The number of nitrogens with zero attached hydrogens (tertiary/aromatic N) is 4. The molecule has 0 saturated heterocycles. The number of rotatable bonds is 4. The molecule has 0 spiro atoms. The second-order valence-corrected chi connectivity index (χ2v) is 7.94. The molecule has 1 saturated carbocycles. The molecule has 1 fully saturated rings. The Labute approximate surface area is 171 Å². The molecule has 1 aromatic carbocycles. The highest BCUT2D eigenvalue weighted by molar-refractivity contribution is 6.21. The smallest absolute Gasteiger partial charge is 0.272 e. The van der Waals surface area contributed by atoms with Gasteiger partial charge in [0.2, 0.25) is 5.91 Å². The molecule has 5 rings (SSSR count). The number of likely N-dealkylation sites (N-methyl/N-ethyl adjacent to an activating group) is 1. The van der Waals surface area contributed by atoms with Gasteiger partial charge in [0.05, 0.1) is 24.4 Å². The molecule has 1 aromatic heterocycles. The predicted octanol–water partition coefficient (Wildman–Crippen LogP) is 2.43. The van der Waals surface area contributed by atoms with Crippen LogP contribution in [0.3, 0.4) is 0 Å². The number of hydrogen-bond donors (Lipinski definition) is 1. The first-order valence-electron chi connectivity index (χ1n) is 10.5. The fourth-order valence-electron chi connectivity index (χ4n) is 4.18. The Morgan fingerprint density at radius 3 is 2.69 bits per heavy atom. The Hall–Kier alpha value is -2.67. The zero-order chi connectivity index (χ0) is 20.7. The number of hydrogen-bond acceptors (Lipinski definition) is 4. The van der Waals surface area contributed by atoms with Gasteiger partial charge in [-0.1, -0.05) is 19.9 Å². The van der Waals surface area contributed by atoms with Crippen molar-refractivity contribution in [2.45, 2.75) is 39.8 Å². The SMILES string of the molecule is CC.CN(C)CCn1c2c3c4c(cccc41)C(=O)NN=C3CN(C(=O)C1CC1)C2. The van der Waals surface area contributed by atoms with E-state index in [0.29, 0.717) is 18.7 Å². The number of carbonyl (C=O) groups is 2. The van der Waals surface area contributed by atoms with Gasteiger partial charge >= 0.3 is 0 Å². The molecule has 0 atom stereocenters. The van der Waals surface area contributed by atoms with Crippen molar-refractivity contribution in [3.63, 3.8) is 0 Å². The van der Waals surface area contributed by atoms with Crippen molar-refractivity contribution >= 4 is 28.4 Å². The Balaban J connectivity index is 0.000000994. The van der Waals surface area contributed by atoms with E-state index >= 15 is 0 Å². The first-order chi connectivity index (χ1) is 14.0. The average Bonchev–Trinajstić information content (AvgIpc) is 3.54. The second-order valence-electron chi connectivity index (χ2n) is 7.94. The molecular weight excluding hydrogens is 366 g/mol. The minimum absolute atomic E-state index is 0.169. The van der Waals surface area contributed by atoms with Crippen LogP contribution < -0.4 is 5.43 Å². The van der Waals surface area contributed by atoms with Crippen LogP contribution in [0, 0.1) is 5.92 Å². The van der Waals surface area contributed by atoms with Crippen molar-refractivity contribution in [1.82, 2.24) is 19.8 Å². The third kappa shape index (κ3) is 3.33. The lowest BCUT2D eigenvalue weighted by Crippen LogP contribution is -2.41. The summed E-state index contributed by atoms with van der Waals surface area (Å²) in [5.74, 6) is 0.196. The molecule has 0 bridgehead atoms. The molecule has 154 valence electrons. The Bertz CT molecular complexity index is 1000. The highest BCUT2D eigenvalue weighted by Crippen LogP contribution is 2.37. The molecule has 29 heavy (non-hydrogen) atoms. The molecule has 3 aliphatic rings. The summed E-state index contributed by atoms with van der Waals surface area (Å²) in [7, 11) is 4.10. The summed E-state index contributed by atoms with van der Waals surface area (Å²) in [6.07, 6.45) is 1.97. The maximum Gasteiger partial charge on any atom is 0.272 e. The van der Waals surface area contributed by atoms with Crippen molar-refractivity contribution < 1.29 is 9.59 Å². The number of carbonyl (C=O) groups excluding carboxylic acids is 2. The van der Waals surface area contributed by atoms with Crippen molar-refractivity contribution in [3.8, 4) is 0 Å². The maximum absolute atomic E-state index is 12.8. The lowest BCUT2D eigenvalue weighted by molar-refractivity contribution is -0.132. The lowest BCUT2D eigenvalue weighted by atomic mass is 9.98. The predicted molar refractivity (Wildman–Crippen MR) is 114 cm³/mol. The van der Waals surface area contributed by atoms with E-state index in [4.69, 9.17) is 0 Å². The van der Waals surface area contributed by atoms with Crippen molar-refractivity contribution in [2.75, 3.05) is 27.2 Å². The lowest BCUT2D eigenvalue weighted by Gasteiger charge is -2.29. The molecule has 1 N–H and O–H groups in total. The molecule has 3 heterocycles. The maximum atomic E-state index is 12.8. The second kappa shape index (κ2) is 7.63. The van der Waals surface area contributed by atoms with Gasteiger partial charge in [-0.05, 0) is 39.1 Å². The van der Waals surface area contributed by atoms with Gasteiger partial charge in [-0.25, -0.2) is 5.43 Å². The van der Waals surface area contributed by atoms with Gasteiger partial charge in [-0.15, -0.1) is 0 Å². The molecule has 0 radical (unpaired) electrons. The number of nitrogens with one attached hydrogen (secondary N) is 1. The minimum Gasteiger partial charge on any atom is -0.341 e. The summed E-state index contributed by atoms with van der Waals surface area (Å²) in [6.45, 7) is 6.74. The molecule has 1 aliphatic carbocycles. The molecule has 2 aromatic rings. The zero-order valence-corrected chi connectivity index (χ0v) is 17.7. The largest absolute Gasteiger partial charge is 0.341 e. The monoisotopic (exact) mass is 395 g/mol. The number of aromatic nitrogens is 1. The minimum atomic E-state index is -0.185. The van der Waals surface area contributed by atoms with Gasteiger partial charge in [0.25, 0.3) is 5.91 Å². The van der Waals surface area contributed by atoms with Crippen LogP contribution in [-0.4, -0.2) is 59.1 Å². The topological polar surface area (TPSA) is 69.9 Å². The van der Waals surface area contributed by atoms with Gasteiger partial charge in [-0.2, -0.15) is 5.10 Å². The molecule has 7 heteroatoms. The van der Waals surface area contributed by atoms with E-state index in [1.54, 1.807) is 0 Å². The third-order valence-corrected chi connectivity index (χ3v) is 5.71. The number of hydrazone groups is 1. The highest BCUT2D eigenvalue weighted by atomic mass is 16.2. The molecule has 2 amide bonds. The molecular formula is C22H29N5O2. The van der Waals surface area contributed by atoms with Gasteiger partial charge in [0, 0.05) is 41.2 Å². The van der Waals surface area contributed by atoms with Gasteiger partial charge in [-0.3, -0.25) is 9.59 Å². The Morgan fingerprint density at radius 1 is 1.24 bits per heavy atom. The normalized spacial score (nSPS) is 17.5. The Morgan fingerprint density at radius 2 is 2.00 bits per heavy atom. The van der Waals surface area contributed by atoms with Crippen molar-refractivity contribution in [2.24, 2.45) is 11.0 Å². The van der Waals surface area contributed by atoms with Crippen LogP contribution in [0.5, 0.6) is 0 Å². The van der Waals surface area contributed by atoms with Crippen molar-refractivity contribution in [1.29, 1.82) is 0 Å². The zero-order valence-electron chi connectivity index (χ0n) is 17.7. The van der Waals surface area contributed by atoms with E-state index < -0.39 is 0 Å². The van der Waals surface area contributed by atoms with Crippen molar-refractivity contribution in [3.05, 3.63) is 35.0 Å². The van der Waals surface area contributed by atoms with Crippen LogP contribution in [-0.2, 0) is 17.9 Å². The highest BCUT2D eigenvalue weighted by Gasteiger charge is 2.39. The van der Waals surface area contributed by atoms with Crippen LogP contribution in [0.4, 0.5) is 0 Å². The standard InChI is InChI=1S/C20H23N5O2.C2H6/c1-23(2)8-9-25-15-5-3-4-13-17(15)18-14(21-22-19(13)26)10-24(11-16(18)25)20(27)12-6-7-12;1-2/h3-5,12H,6-11H2,1-2H3,(H,22,26);1-2H3. The number of benzene rings is 1. The summed E-state index contributed by atoms with van der Waals surface area (Å²) in [6, 6.07) is 5.84. The van der Waals surface area contributed by atoms with Crippen LogP contribution in [0.2, 0.25) is 0 Å². The fourth-order valence-corrected chi connectivity index (χ4v) is 4.18. The first kappa shape index (κ1) is 19.6. The van der Waals surface area contributed by atoms with Crippen LogP contribution in [0.15, 0.2) is 23.3 Å². The summed E-state index contributed by atoms with van der Waals surface area (Å²) in [4.78, 5) is 29.4. The average molecular weight is 396 g/mol. The van der Waals surface area contributed by atoms with Crippen LogP contribution in [0.1, 0.15) is 48.3 Å². The fraction of sp³-hybridized carbons (Fsp3) is 0.500. The summed E-state index contributed by atoms with van der Waals surface area (Å²) in [5.41, 5.74) is 7.29. The molecule has 7 nitrogen and oxygen atoms in total. The van der Waals surface area contributed by atoms with E-state index in [0.717, 1.165) is 53.8 Å². The molecule has 2 aliphatic heterocycles. The van der Waals surface area contributed by atoms with Gasteiger partial charge in [0.15, 0.2) is 0 Å². The summed E-state index contributed by atoms with van der Waals surface area (Å²) >= 11 is 0. The summed E-state index contributed by atoms with van der Waals surface area (Å²) in [5, 5.41) is 5.37. The van der Waals surface area contributed by atoms with Gasteiger partial charge < -0.3 is 14.4 Å². The van der Waals surface area contributed by atoms with E-state index in [-0.39, 0.29) is 17.7 Å². The Kier molecular flexibility index (Phi) is 5.17. The molecule has 0 unspecified atom stereocenters. The quantitative estimate of drug-likeness (QED) is 0.864. The van der Waals surface area contributed by atoms with E-state index in [9.17, 15) is 9.59 Å².